The second-order valence-corrected chi connectivity index (χ2v) is 25.7. The summed E-state index contributed by atoms with van der Waals surface area (Å²) in [6, 6.07) is 80.8. The van der Waals surface area contributed by atoms with Crippen LogP contribution in [0.2, 0.25) is 0 Å². The second-order valence-electron chi connectivity index (χ2n) is 23.3. The van der Waals surface area contributed by atoms with Crippen LogP contribution in [-0.4, -0.2) is 6.41 Å². The van der Waals surface area contributed by atoms with Gasteiger partial charge in [0.2, 0.25) is 0 Å². The summed E-state index contributed by atoms with van der Waals surface area (Å²) in [7, 11) is 0. The molecule has 0 spiro atoms. The minimum atomic E-state index is 0. The standard InChI is InChI=1S/2C17H29.2C13H9.2C13H10.2ClH.2Zr/c2*1-5-9-14-13-15(10-6-2)17(12-8-4)16(14)11-7-3;2*1-3-7-12-10(5-1)9-11-6-2-4-8-13(11)12;2*1-3-7-12(8-4-1)11-13-9-5-2-6-10-13;;;;/h2*14H,5-12H2,1-4H3;2*1-9H;2*1-10H;2*1H;;/q4*-1;;;;;2*+2/p-2. The van der Waals surface area contributed by atoms with Gasteiger partial charge >= 0.3 is 198 Å². The summed E-state index contributed by atoms with van der Waals surface area (Å²) in [5.74, 6) is 1.31. The van der Waals surface area contributed by atoms with Gasteiger partial charge in [0.25, 0.3) is 0 Å². The summed E-state index contributed by atoms with van der Waals surface area (Å²) in [6.07, 6.45) is 28.0. The number of hydrogen-bond acceptors (Lipinski definition) is 0. The third-order valence-corrected chi connectivity index (χ3v) is 19.4. The number of rotatable bonds is 20. The van der Waals surface area contributed by atoms with Crippen LogP contribution in [0.15, 0.2) is 264 Å². The van der Waals surface area contributed by atoms with E-state index in [0.717, 1.165) is 0 Å². The molecule has 90 heavy (non-hydrogen) atoms. The Hall–Kier alpha value is -5.45. The molecule has 0 nitrogen and oxygen atoms in total. The van der Waals surface area contributed by atoms with Crippen LogP contribution in [0, 0.1) is 24.0 Å². The molecular weight excluding hydrogens is 1290 g/mol. The molecule has 0 bridgehead atoms. The first-order valence-electron chi connectivity index (χ1n) is 33.4. The van der Waals surface area contributed by atoms with Gasteiger partial charge in [-0.3, -0.25) is 12.2 Å². The fourth-order valence-corrected chi connectivity index (χ4v) is 14.1. The molecule has 464 valence electrons. The Balaban J connectivity index is 0.000000196. The summed E-state index contributed by atoms with van der Waals surface area (Å²) >= 11 is 2.92. The van der Waals surface area contributed by atoms with Crippen molar-refractivity contribution >= 4 is 49.5 Å². The first-order chi connectivity index (χ1) is 43.2. The topological polar surface area (TPSA) is 0 Å². The molecule has 0 N–H and O–H groups in total. The van der Waals surface area contributed by atoms with E-state index in [2.05, 4.69) is 298 Å². The Morgan fingerprint density at radius 2 is 0.533 bits per heavy atom. The van der Waals surface area contributed by atoms with Crippen molar-refractivity contribution in [2.24, 2.45) is 11.8 Å². The van der Waals surface area contributed by atoms with Gasteiger partial charge in [0.05, 0.1) is 0 Å². The quantitative estimate of drug-likeness (QED) is 0.0667. The predicted molar refractivity (Wildman–Crippen MR) is 380 cm³/mol. The van der Waals surface area contributed by atoms with Crippen molar-refractivity contribution in [1.82, 2.24) is 0 Å². The largest absolute Gasteiger partial charge is 0.126 e. The number of benzene rings is 8. The van der Waals surface area contributed by atoms with Crippen molar-refractivity contribution in [2.75, 3.05) is 0 Å². The third-order valence-electron chi connectivity index (χ3n) is 16.5. The molecule has 0 aliphatic heterocycles. The van der Waals surface area contributed by atoms with Crippen molar-refractivity contribution in [3.05, 3.63) is 298 Å². The van der Waals surface area contributed by atoms with Gasteiger partial charge in [0, 0.05) is 0 Å². The van der Waals surface area contributed by atoms with E-state index < -0.39 is 0 Å². The molecule has 2 atom stereocenters. The van der Waals surface area contributed by atoms with Gasteiger partial charge in [-0.2, -0.15) is 22.3 Å². The number of fused-ring (bicyclic) bond motifs is 6. The molecule has 0 radical (unpaired) electrons. The molecule has 12 rings (SSSR count). The maximum atomic E-state index is 3.81. The molecule has 0 amide bonds. The average Bonchev–Trinajstić information content (AvgIpc) is 2.70. The van der Waals surface area contributed by atoms with Gasteiger partial charge in [0.15, 0.2) is 0 Å². The molecule has 0 saturated heterocycles. The zero-order chi connectivity index (χ0) is 62.3. The maximum Gasteiger partial charge on any atom is -0.0771 e. The van der Waals surface area contributed by atoms with Gasteiger partial charge in [-0.1, -0.05) is 230 Å². The fraction of sp³-hybridized carbons (Fsp3) is 0.302. The zero-order valence-corrected chi connectivity index (χ0v) is 61.6. The minimum absolute atomic E-state index is 0. The number of halogens is 2. The summed E-state index contributed by atoms with van der Waals surface area (Å²) in [4.78, 5) is 0. The fourth-order valence-electron chi connectivity index (χ4n) is 12.5. The van der Waals surface area contributed by atoms with Crippen LogP contribution in [0.25, 0.3) is 43.1 Å². The molecule has 0 fully saturated rings. The van der Waals surface area contributed by atoms with Crippen molar-refractivity contribution in [3.63, 3.8) is 0 Å². The van der Waals surface area contributed by atoms with E-state index in [1.807, 2.05) is 0 Å². The molecule has 2 unspecified atom stereocenters. The molecule has 0 saturated carbocycles. The SMILES string of the molecule is CCCC1=[C-]C(CCC)C(CCC)=C1CCC.CCCC1=[C-]C(CCC)C(CCC)=C1CCC.[Cl-].[Cl-].[Zr+2]=[C](c1ccccc1)c1ccccc1.[Zr+2]=[C](c1ccccc1)c1ccccc1.c1ccc2c(c1)[cH-]c1ccccc12.c1ccc2c(c1)[cH-]c1ccccc12. The molecule has 2 aliphatic carbocycles. The summed E-state index contributed by atoms with van der Waals surface area (Å²) < 4.78 is 2.83. The van der Waals surface area contributed by atoms with Gasteiger partial charge in [-0.15, -0.1) is 79.5 Å². The van der Waals surface area contributed by atoms with Crippen molar-refractivity contribution in [2.45, 2.75) is 158 Å². The van der Waals surface area contributed by atoms with E-state index in [1.165, 1.54) is 223 Å². The van der Waals surface area contributed by atoms with Crippen LogP contribution in [0.4, 0.5) is 0 Å². The normalized spacial score (nSPS) is 13.8. The Bertz CT molecular complexity index is 3380. The first kappa shape index (κ1) is 75.3. The van der Waals surface area contributed by atoms with Crippen molar-refractivity contribution in [1.29, 1.82) is 0 Å². The second kappa shape index (κ2) is 41.9. The maximum absolute atomic E-state index is 3.81. The van der Waals surface area contributed by atoms with Crippen LogP contribution in [0.3, 0.4) is 0 Å². The molecular formula is C86H96Cl2Zr2-2. The molecule has 0 heterocycles. The first-order valence-corrected chi connectivity index (χ1v) is 35.8. The summed E-state index contributed by atoms with van der Waals surface area (Å²) in [6.45, 7) is 18.4. The average molecular weight is 1380 g/mol. The summed E-state index contributed by atoms with van der Waals surface area (Å²) in [5.41, 5.74) is 15.3. The van der Waals surface area contributed by atoms with Crippen LogP contribution in [0.1, 0.15) is 180 Å². The third kappa shape index (κ3) is 21.8. The smallest absolute Gasteiger partial charge is 0.0771 e. The molecule has 2 aliphatic rings. The Labute approximate surface area is 585 Å². The van der Waals surface area contributed by atoms with E-state index in [-0.39, 0.29) is 24.8 Å². The Kier molecular flexibility index (Phi) is 35.1. The van der Waals surface area contributed by atoms with Crippen molar-refractivity contribution in [3.8, 4) is 0 Å². The molecule has 4 heteroatoms. The van der Waals surface area contributed by atoms with E-state index >= 15 is 0 Å². The summed E-state index contributed by atoms with van der Waals surface area (Å²) in [5, 5.41) is 10.8. The van der Waals surface area contributed by atoms with Gasteiger partial charge in [-0.05, 0) is 12.8 Å². The van der Waals surface area contributed by atoms with E-state index in [1.54, 1.807) is 33.4 Å². The van der Waals surface area contributed by atoms with Crippen LogP contribution in [-0.2, 0) is 48.5 Å². The van der Waals surface area contributed by atoms with Crippen LogP contribution in [0.5, 0.6) is 0 Å². The number of allylic oxidation sites excluding steroid dienone is 8. The molecule has 10 aromatic carbocycles. The molecule has 0 aromatic heterocycles. The number of hydrogen-bond donors (Lipinski definition) is 0. The van der Waals surface area contributed by atoms with Gasteiger partial charge < -0.3 is 24.8 Å². The van der Waals surface area contributed by atoms with Gasteiger partial charge in [0.1, 0.15) is 0 Å². The van der Waals surface area contributed by atoms with E-state index in [0.29, 0.717) is 11.8 Å². The van der Waals surface area contributed by atoms with Crippen molar-refractivity contribution < 1.29 is 73.3 Å². The van der Waals surface area contributed by atoms with E-state index in [4.69, 9.17) is 0 Å². The van der Waals surface area contributed by atoms with Crippen LogP contribution < -0.4 is 24.8 Å². The molecule has 10 aromatic rings. The van der Waals surface area contributed by atoms with E-state index in [9.17, 15) is 0 Å². The zero-order valence-electron chi connectivity index (χ0n) is 55.2. The predicted octanol–water partition coefficient (Wildman–Crippen LogP) is 18.7. The van der Waals surface area contributed by atoms with Crippen LogP contribution >= 0.6 is 0 Å². The Morgan fingerprint density at radius 1 is 0.300 bits per heavy atom. The minimum Gasteiger partial charge on any atom is -0.126 e. The van der Waals surface area contributed by atoms with Gasteiger partial charge in [-0.25, -0.2) is 11.1 Å². The Morgan fingerprint density at radius 3 is 0.767 bits per heavy atom. The monoisotopic (exact) mass is 1380 g/mol.